The second-order valence-electron chi connectivity index (χ2n) is 9.31. The fraction of sp³-hybridized carbons (Fsp3) is 0.462. The number of hydrogen-bond donors (Lipinski definition) is 1. The third kappa shape index (κ3) is 4.32. The van der Waals surface area contributed by atoms with Crippen LogP contribution >= 0.6 is 11.3 Å². The van der Waals surface area contributed by atoms with E-state index < -0.39 is 12.1 Å². The summed E-state index contributed by atoms with van der Waals surface area (Å²) in [6.07, 6.45) is 8.14. The van der Waals surface area contributed by atoms with Crippen LogP contribution in [0.1, 0.15) is 41.8 Å². The third-order valence-corrected chi connectivity index (χ3v) is 8.34. The fourth-order valence-corrected chi connectivity index (χ4v) is 6.36. The average Bonchev–Trinajstić information content (AvgIpc) is 3.60. The molecule has 0 spiro atoms. The summed E-state index contributed by atoms with van der Waals surface area (Å²) in [5.41, 5.74) is 0.810. The topological polar surface area (TPSA) is 88.6 Å². The first-order valence-electron chi connectivity index (χ1n) is 12.0. The Morgan fingerprint density at radius 2 is 2.03 bits per heavy atom. The highest BCUT2D eigenvalue weighted by Gasteiger charge is 2.52. The number of carbonyl (C=O) groups is 3. The van der Waals surface area contributed by atoms with Crippen LogP contribution in [-0.4, -0.2) is 58.8 Å². The van der Waals surface area contributed by atoms with Gasteiger partial charge in [0.2, 0.25) is 5.91 Å². The molecule has 0 aromatic carbocycles. The lowest BCUT2D eigenvalue weighted by atomic mass is 9.83. The van der Waals surface area contributed by atoms with E-state index in [1.54, 1.807) is 23.2 Å². The van der Waals surface area contributed by atoms with E-state index in [0.29, 0.717) is 11.4 Å². The molecule has 1 saturated carbocycles. The highest BCUT2D eigenvalue weighted by atomic mass is 32.1. The van der Waals surface area contributed by atoms with E-state index in [9.17, 15) is 14.4 Å². The predicted octanol–water partition coefficient (Wildman–Crippen LogP) is 3.47. The van der Waals surface area contributed by atoms with Crippen LogP contribution in [0, 0.1) is 11.8 Å². The summed E-state index contributed by atoms with van der Waals surface area (Å²) in [5, 5.41) is 3.05. The van der Waals surface area contributed by atoms with E-state index in [1.165, 1.54) is 11.3 Å². The molecule has 2 saturated heterocycles. The van der Waals surface area contributed by atoms with Crippen molar-refractivity contribution in [2.75, 3.05) is 13.2 Å². The van der Waals surface area contributed by atoms with Crippen molar-refractivity contribution in [2.24, 2.45) is 11.8 Å². The first-order chi connectivity index (χ1) is 16.6. The molecular weight excluding hydrogens is 450 g/mol. The molecule has 1 aliphatic carbocycles. The molecule has 2 amide bonds. The normalized spacial score (nSPS) is 25.7. The van der Waals surface area contributed by atoms with Crippen LogP contribution in [0.25, 0.3) is 10.6 Å². The van der Waals surface area contributed by atoms with Gasteiger partial charge in [0, 0.05) is 18.7 Å². The van der Waals surface area contributed by atoms with Gasteiger partial charge in [-0.3, -0.25) is 19.4 Å². The number of carbonyl (C=O) groups excluding carboxylic acids is 3. The van der Waals surface area contributed by atoms with Gasteiger partial charge < -0.3 is 15.0 Å². The molecule has 2 aromatic rings. The number of thiophene rings is 1. The smallest absolute Gasteiger partial charge is 0.262 e. The van der Waals surface area contributed by atoms with Gasteiger partial charge in [0.15, 0.2) is 5.78 Å². The molecule has 5 rings (SSSR count). The summed E-state index contributed by atoms with van der Waals surface area (Å²) < 4.78 is 5.69. The van der Waals surface area contributed by atoms with Gasteiger partial charge in [-0.05, 0) is 43.0 Å². The number of nitrogens with zero attached hydrogens (tertiary/aromatic N) is 2. The lowest BCUT2D eigenvalue weighted by molar-refractivity contribution is -0.139. The second-order valence-corrected chi connectivity index (χ2v) is 10.4. The Morgan fingerprint density at radius 3 is 2.76 bits per heavy atom. The Balaban J connectivity index is 1.38. The number of ether oxygens (including phenoxy) is 1. The molecule has 4 heterocycles. The molecule has 0 bridgehead atoms. The van der Waals surface area contributed by atoms with Crippen LogP contribution in [0.2, 0.25) is 0 Å². The number of nitrogens with one attached hydrogen (secondary N) is 1. The number of fused-ring (bicyclic) bond motifs is 1. The van der Waals surface area contributed by atoms with Gasteiger partial charge in [-0.2, -0.15) is 0 Å². The third-order valence-electron chi connectivity index (χ3n) is 7.23. The maximum absolute atomic E-state index is 13.9. The molecule has 2 unspecified atom stereocenters. The quantitative estimate of drug-likeness (QED) is 0.641. The Bertz CT molecular complexity index is 1080. The van der Waals surface area contributed by atoms with Crippen LogP contribution < -0.4 is 5.32 Å². The summed E-state index contributed by atoms with van der Waals surface area (Å²) in [6.45, 7) is 4.29. The van der Waals surface area contributed by atoms with Crippen molar-refractivity contribution in [3.8, 4) is 10.6 Å². The molecule has 8 heteroatoms. The zero-order valence-corrected chi connectivity index (χ0v) is 19.8. The Morgan fingerprint density at radius 1 is 1.21 bits per heavy atom. The van der Waals surface area contributed by atoms with Crippen molar-refractivity contribution in [3.05, 3.63) is 54.1 Å². The van der Waals surface area contributed by atoms with Crippen molar-refractivity contribution in [1.29, 1.82) is 0 Å². The first-order valence-corrected chi connectivity index (χ1v) is 12.8. The number of Topliss-reactive ketones (excluding diaryl/α,β-unsaturated/α-hetero) is 1. The zero-order valence-electron chi connectivity index (χ0n) is 19.0. The largest absolute Gasteiger partial charge is 0.367 e. The van der Waals surface area contributed by atoms with Crippen molar-refractivity contribution in [3.63, 3.8) is 0 Å². The number of ketones is 1. The van der Waals surface area contributed by atoms with Gasteiger partial charge in [0.25, 0.3) is 5.91 Å². The lowest BCUT2D eigenvalue weighted by Gasteiger charge is -2.34. The SMILES string of the molecule is C=C[C@H]1CN(C(=O)[C@@H](NC(=O)c2ccc(-c3ccccn3)s2)C2CCCCC2)C2C(=O)COC21. The lowest BCUT2D eigenvalue weighted by Crippen LogP contribution is -2.55. The molecule has 2 aromatic heterocycles. The molecule has 4 atom stereocenters. The number of hydrogen-bond acceptors (Lipinski definition) is 6. The minimum absolute atomic E-state index is 0.0232. The minimum Gasteiger partial charge on any atom is -0.367 e. The number of aromatic nitrogens is 1. The van der Waals surface area contributed by atoms with Crippen molar-refractivity contribution < 1.29 is 19.1 Å². The summed E-state index contributed by atoms with van der Waals surface area (Å²) in [4.78, 5) is 47.1. The van der Waals surface area contributed by atoms with Gasteiger partial charge in [0.05, 0.1) is 21.6 Å². The van der Waals surface area contributed by atoms with E-state index in [1.807, 2.05) is 24.3 Å². The Kier molecular flexibility index (Phi) is 6.61. The maximum atomic E-state index is 13.9. The highest BCUT2D eigenvalue weighted by molar-refractivity contribution is 7.17. The maximum Gasteiger partial charge on any atom is 0.262 e. The van der Waals surface area contributed by atoms with Crippen molar-refractivity contribution >= 4 is 28.9 Å². The predicted molar refractivity (Wildman–Crippen MR) is 129 cm³/mol. The number of pyridine rings is 1. The molecule has 0 radical (unpaired) electrons. The molecule has 2 aliphatic heterocycles. The average molecular weight is 480 g/mol. The van der Waals surface area contributed by atoms with Gasteiger partial charge in [-0.1, -0.05) is 31.4 Å². The van der Waals surface area contributed by atoms with Gasteiger partial charge >= 0.3 is 0 Å². The summed E-state index contributed by atoms with van der Waals surface area (Å²) in [7, 11) is 0. The summed E-state index contributed by atoms with van der Waals surface area (Å²) in [5.74, 6) is -0.545. The standard InChI is InChI=1S/C26H29N3O4S/c1-2-16-14-29(23-19(30)15-33-24(16)23)26(32)22(17-8-4-3-5-9-17)28-25(31)21-12-11-20(34-21)18-10-6-7-13-27-18/h2,6-7,10-13,16-17,22-24H,1,3-5,8-9,14-15H2,(H,28,31)/t16-,22-,23?,24?/m0/s1. The van der Waals surface area contributed by atoms with Crippen LogP contribution in [0.5, 0.6) is 0 Å². The molecular formula is C26H29N3O4S. The molecule has 1 N–H and O–H groups in total. The highest BCUT2D eigenvalue weighted by Crippen LogP contribution is 2.35. The monoisotopic (exact) mass is 479 g/mol. The van der Waals surface area contributed by atoms with Crippen LogP contribution in [0.3, 0.4) is 0 Å². The van der Waals surface area contributed by atoms with E-state index >= 15 is 0 Å². The van der Waals surface area contributed by atoms with E-state index in [4.69, 9.17) is 4.74 Å². The van der Waals surface area contributed by atoms with Crippen molar-refractivity contribution in [1.82, 2.24) is 15.2 Å². The van der Waals surface area contributed by atoms with E-state index in [-0.39, 0.29) is 42.1 Å². The summed E-state index contributed by atoms with van der Waals surface area (Å²) in [6, 6.07) is 8.08. The molecule has 3 aliphatic rings. The number of likely N-dealkylation sites (tertiary alicyclic amines) is 1. The van der Waals surface area contributed by atoms with E-state index in [0.717, 1.165) is 42.7 Å². The molecule has 178 valence electrons. The number of rotatable bonds is 6. The van der Waals surface area contributed by atoms with Gasteiger partial charge in [-0.25, -0.2) is 0 Å². The summed E-state index contributed by atoms with van der Waals surface area (Å²) >= 11 is 1.36. The van der Waals surface area contributed by atoms with Crippen LogP contribution in [0.4, 0.5) is 0 Å². The molecule has 34 heavy (non-hydrogen) atoms. The van der Waals surface area contributed by atoms with Gasteiger partial charge in [-0.15, -0.1) is 17.9 Å². The first kappa shape index (κ1) is 22.9. The fourth-order valence-electron chi connectivity index (χ4n) is 5.47. The Hall–Kier alpha value is -2.84. The van der Waals surface area contributed by atoms with Crippen LogP contribution in [-0.2, 0) is 14.3 Å². The number of amides is 2. The van der Waals surface area contributed by atoms with Gasteiger partial charge in [0.1, 0.15) is 18.7 Å². The molecule has 7 nitrogen and oxygen atoms in total. The minimum atomic E-state index is -0.661. The molecule has 3 fully saturated rings. The van der Waals surface area contributed by atoms with Crippen molar-refractivity contribution in [2.45, 2.75) is 50.3 Å². The second kappa shape index (κ2) is 9.80. The van der Waals surface area contributed by atoms with Crippen LogP contribution in [0.15, 0.2) is 49.2 Å². The zero-order chi connectivity index (χ0) is 23.7. The van der Waals surface area contributed by atoms with E-state index in [2.05, 4.69) is 16.9 Å². The Labute approximate surface area is 203 Å².